The first kappa shape index (κ1) is 12.9. The van der Waals surface area contributed by atoms with Crippen LogP contribution in [0, 0.1) is 18.8 Å². The number of hydrogen-bond acceptors (Lipinski definition) is 6. The molecule has 0 bridgehead atoms. The smallest absolute Gasteiger partial charge is 0.148 e. The molecule has 0 radical (unpaired) electrons. The fourth-order valence-electron chi connectivity index (χ4n) is 2.23. The molecule has 1 aliphatic rings. The zero-order valence-corrected chi connectivity index (χ0v) is 12.8. The minimum atomic E-state index is 0.580. The van der Waals surface area contributed by atoms with E-state index in [9.17, 15) is 0 Å². The van der Waals surface area contributed by atoms with E-state index < -0.39 is 0 Å². The molecule has 0 saturated heterocycles. The minimum Gasteiger partial charge on any atom is -0.382 e. The topological polar surface area (TPSA) is 63.8 Å². The van der Waals surface area contributed by atoms with Gasteiger partial charge in [-0.25, -0.2) is 4.98 Å². The largest absolute Gasteiger partial charge is 0.382 e. The van der Waals surface area contributed by atoms with Gasteiger partial charge in [0.25, 0.3) is 0 Å². The summed E-state index contributed by atoms with van der Waals surface area (Å²) in [6.45, 7) is 5.30. The second kappa shape index (κ2) is 5.09. The van der Waals surface area contributed by atoms with E-state index in [1.165, 1.54) is 24.4 Å². The highest BCUT2D eigenvalue weighted by Gasteiger charge is 2.28. The lowest BCUT2D eigenvalue weighted by Crippen LogP contribution is -2.12. The summed E-state index contributed by atoms with van der Waals surface area (Å²) in [5.41, 5.74) is 7.89. The van der Waals surface area contributed by atoms with Gasteiger partial charge in [-0.1, -0.05) is 6.92 Å². The van der Waals surface area contributed by atoms with Crippen LogP contribution in [-0.4, -0.2) is 15.9 Å². The number of nitrogens with two attached hydrogens (primary N) is 1. The maximum absolute atomic E-state index is 5.99. The Bertz CT molecular complexity index is 571. The maximum Gasteiger partial charge on any atom is 0.148 e. The van der Waals surface area contributed by atoms with Crippen molar-refractivity contribution in [2.24, 2.45) is 11.8 Å². The molecular formula is C13H18N4S2. The van der Waals surface area contributed by atoms with Gasteiger partial charge in [-0.15, -0.1) is 11.3 Å². The Kier molecular flexibility index (Phi) is 3.45. The highest BCUT2D eigenvalue weighted by Crippen LogP contribution is 2.39. The summed E-state index contributed by atoms with van der Waals surface area (Å²) in [5.74, 6) is 2.20. The van der Waals surface area contributed by atoms with Gasteiger partial charge in [0.15, 0.2) is 0 Å². The predicted octanol–water partition coefficient (Wildman–Crippen LogP) is 3.62. The minimum absolute atomic E-state index is 0.580. The third kappa shape index (κ3) is 2.74. The van der Waals surface area contributed by atoms with Crippen molar-refractivity contribution in [2.45, 2.75) is 26.7 Å². The highest BCUT2D eigenvalue weighted by molar-refractivity contribution is 7.11. The highest BCUT2D eigenvalue weighted by atomic mass is 32.1. The van der Waals surface area contributed by atoms with Gasteiger partial charge in [0, 0.05) is 11.9 Å². The lowest BCUT2D eigenvalue weighted by Gasteiger charge is -2.11. The average Bonchev–Trinajstić information content (AvgIpc) is 3.06. The molecule has 2 heterocycles. The normalized spacial score (nSPS) is 16.5. The molecule has 1 atom stereocenters. The first-order valence-corrected chi connectivity index (χ1v) is 8.22. The maximum atomic E-state index is 5.99. The molecule has 1 aliphatic carbocycles. The molecule has 4 nitrogen and oxygen atoms in total. The van der Waals surface area contributed by atoms with Crippen molar-refractivity contribution < 1.29 is 0 Å². The second-order valence-corrected chi connectivity index (χ2v) is 7.05. The molecule has 1 fully saturated rings. The summed E-state index contributed by atoms with van der Waals surface area (Å²) >= 11 is 3.07. The van der Waals surface area contributed by atoms with Gasteiger partial charge in [0.1, 0.15) is 10.8 Å². The van der Waals surface area contributed by atoms with E-state index in [2.05, 4.69) is 21.6 Å². The molecule has 1 unspecified atom stereocenters. The molecule has 2 aromatic rings. The van der Waals surface area contributed by atoms with Crippen LogP contribution in [0.3, 0.4) is 0 Å². The molecule has 19 heavy (non-hydrogen) atoms. The Hall–Kier alpha value is -1.14. The summed E-state index contributed by atoms with van der Waals surface area (Å²) in [4.78, 5) is 4.51. The van der Waals surface area contributed by atoms with Crippen LogP contribution >= 0.6 is 22.9 Å². The fraction of sp³-hybridized carbons (Fsp3) is 0.538. The van der Waals surface area contributed by atoms with E-state index in [1.807, 2.05) is 12.3 Å². The molecule has 0 aromatic carbocycles. The molecule has 0 aliphatic heterocycles. The fourth-order valence-corrected chi connectivity index (χ4v) is 3.57. The van der Waals surface area contributed by atoms with Crippen molar-refractivity contribution in [2.75, 3.05) is 17.6 Å². The molecule has 3 N–H and O–H groups in total. The van der Waals surface area contributed by atoms with Crippen molar-refractivity contribution in [3.8, 4) is 11.3 Å². The van der Waals surface area contributed by atoms with Crippen molar-refractivity contribution in [3.63, 3.8) is 0 Å². The summed E-state index contributed by atoms with van der Waals surface area (Å²) in [5, 5.41) is 7.65. The van der Waals surface area contributed by atoms with E-state index in [1.54, 1.807) is 11.3 Å². The molecule has 0 spiro atoms. The monoisotopic (exact) mass is 294 g/mol. The Morgan fingerprint density at radius 1 is 1.53 bits per heavy atom. The summed E-state index contributed by atoms with van der Waals surface area (Å²) < 4.78 is 4.26. The molecule has 0 amide bonds. The number of anilines is 2. The molecule has 3 rings (SSSR count). The summed E-state index contributed by atoms with van der Waals surface area (Å²) in [6.07, 6.45) is 2.76. The number of aromatic nitrogens is 2. The molecule has 2 aromatic heterocycles. The molecule has 102 valence electrons. The number of thiazole rings is 1. The van der Waals surface area contributed by atoms with Crippen molar-refractivity contribution in [1.82, 2.24) is 9.36 Å². The van der Waals surface area contributed by atoms with E-state index in [4.69, 9.17) is 5.73 Å². The van der Waals surface area contributed by atoms with Crippen LogP contribution < -0.4 is 11.1 Å². The number of aryl methyl sites for hydroxylation is 1. The Labute approximate surface area is 121 Å². The Morgan fingerprint density at radius 3 is 2.95 bits per heavy atom. The van der Waals surface area contributed by atoms with Crippen LogP contribution in [0.1, 0.15) is 24.8 Å². The number of nitrogen functional groups attached to an aromatic ring is 1. The van der Waals surface area contributed by atoms with Gasteiger partial charge in [-0.05, 0) is 43.1 Å². The lowest BCUT2D eigenvalue weighted by molar-refractivity contribution is 0.537. The van der Waals surface area contributed by atoms with Gasteiger partial charge in [0.05, 0.1) is 16.3 Å². The van der Waals surface area contributed by atoms with Crippen molar-refractivity contribution >= 4 is 33.7 Å². The third-order valence-electron chi connectivity index (χ3n) is 3.60. The lowest BCUT2D eigenvalue weighted by atomic mass is 10.1. The van der Waals surface area contributed by atoms with Crippen LogP contribution in [-0.2, 0) is 0 Å². The number of nitrogens with zero attached hydrogens (tertiary/aromatic N) is 2. The van der Waals surface area contributed by atoms with E-state index in [-0.39, 0.29) is 0 Å². The second-order valence-electron chi connectivity index (χ2n) is 5.22. The molecule has 6 heteroatoms. The van der Waals surface area contributed by atoms with Crippen molar-refractivity contribution in [1.29, 1.82) is 0 Å². The SMILES string of the molecule is Cc1nc(-c2c(N)nsc2NCC(C)C2CC2)cs1. The number of nitrogens with one attached hydrogen (secondary N) is 1. The van der Waals surface area contributed by atoms with Crippen LogP contribution in [0.2, 0.25) is 0 Å². The van der Waals surface area contributed by atoms with Crippen molar-refractivity contribution in [3.05, 3.63) is 10.4 Å². The number of hydrogen-bond donors (Lipinski definition) is 2. The van der Waals surface area contributed by atoms with Crippen LogP contribution in [0.25, 0.3) is 11.3 Å². The number of rotatable bonds is 5. The zero-order chi connectivity index (χ0) is 13.4. The predicted molar refractivity (Wildman–Crippen MR) is 82.7 cm³/mol. The first-order valence-electron chi connectivity index (χ1n) is 6.56. The Balaban J connectivity index is 1.78. The van der Waals surface area contributed by atoms with Gasteiger partial charge in [-0.2, -0.15) is 4.37 Å². The molecular weight excluding hydrogens is 276 g/mol. The van der Waals surface area contributed by atoms with Crippen LogP contribution in [0.5, 0.6) is 0 Å². The first-order chi connectivity index (χ1) is 9.15. The van der Waals surface area contributed by atoms with Crippen LogP contribution in [0.15, 0.2) is 5.38 Å². The average molecular weight is 294 g/mol. The van der Waals surface area contributed by atoms with Gasteiger partial charge in [-0.3, -0.25) is 0 Å². The van der Waals surface area contributed by atoms with Crippen LogP contribution in [0.4, 0.5) is 10.8 Å². The van der Waals surface area contributed by atoms with Gasteiger partial charge in [0.2, 0.25) is 0 Å². The van der Waals surface area contributed by atoms with Gasteiger partial charge >= 0.3 is 0 Å². The van der Waals surface area contributed by atoms with E-state index in [0.29, 0.717) is 11.7 Å². The molecule has 1 saturated carbocycles. The quantitative estimate of drug-likeness (QED) is 0.884. The van der Waals surface area contributed by atoms with E-state index >= 15 is 0 Å². The zero-order valence-electron chi connectivity index (χ0n) is 11.1. The Morgan fingerprint density at radius 2 is 2.32 bits per heavy atom. The third-order valence-corrected chi connectivity index (χ3v) is 5.20. The van der Waals surface area contributed by atoms with Gasteiger partial charge < -0.3 is 11.1 Å². The summed E-state index contributed by atoms with van der Waals surface area (Å²) in [7, 11) is 0. The standard InChI is InChI=1S/C13H18N4S2/c1-7(9-3-4-9)5-15-13-11(12(14)17-19-13)10-6-18-8(2)16-10/h6-7,9,15H,3-5H2,1-2H3,(H2,14,17). The van der Waals surface area contributed by atoms with E-state index in [0.717, 1.165) is 33.7 Å². The summed E-state index contributed by atoms with van der Waals surface area (Å²) in [6, 6.07) is 0.